The molecule has 0 saturated heterocycles. The van der Waals surface area contributed by atoms with Crippen LogP contribution in [0.3, 0.4) is 0 Å². The molecule has 0 radical (unpaired) electrons. The maximum absolute atomic E-state index is 11.1. The summed E-state index contributed by atoms with van der Waals surface area (Å²) in [6, 6.07) is 0. The minimum Gasteiger partial charge on any atom is -0.143 e. The Bertz CT molecular complexity index is 231. The molecule has 1 unspecified atom stereocenters. The van der Waals surface area contributed by atoms with E-state index in [2.05, 4.69) is 6.08 Å². The molecule has 72 valence electrons. The average molecular weight is 199 g/mol. The monoisotopic (exact) mass is 199 g/mol. The molecule has 0 spiro atoms. The van der Waals surface area contributed by atoms with Crippen LogP contribution in [0.15, 0.2) is 23.5 Å². The lowest BCUT2D eigenvalue weighted by Gasteiger charge is -2.06. The summed E-state index contributed by atoms with van der Waals surface area (Å²) in [7, 11) is -1.58. The number of hydrogen-bond acceptors (Lipinski definition) is 2. The second-order valence-electron chi connectivity index (χ2n) is 3.04. The standard InChI is InChI=1S/C10H16O2P/c1-2-12-13(11)9-8-10-6-4-3-5-7-10/h6,8-9H,2-5,7H2,1H3/q+1/b9-8+. The van der Waals surface area contributed by atoms with Crippen LogP contribution in [0.2, 0.25) is 0 Å². The summed E-state index contributed by atoms with van der Waals surface area (Å²) in [4.78, 5) is 0. The van der Waals surface area contributed by atoms with Crippen LogP contribution < -0.4 is 0 Å². The van der Waals surface area contributed by atoms with E-state index >= 15 is 0 Å². The van der Waals surface area contributed by atoms with Crippen molar-refractivity contribution < 1.29 is 9.09 Å². The van der Waals surface area contributed by atoms with Crippen LogP contribution >= 0.6 is 8.03 Å². The van der Waals surface area contributed by atoms with Gasteiger partial charge in [0.05, 0.1) is 0 Å². The minimum atomic E-state index is -1.58. The maximum atomic E-state index is 11.1. The largest absolute Gasteiger partial charge is 0.540 e. The molecule has 2 nitrogen and oxygen atoms in total. The van der Waals surface area contributed by atoms with Crippen molar-refractivity contribution in [2.75, 3.05) is 6.61 Å². The van der Waals surface area contributed by atoms with E-state index in [0.29, 0.717) is 6.61 Å². The van der Waals surface area contributed by atoms with Crippen molar-refractivity contribution in [2.24, 2.45) is 0 Å². The van der Waals surface area contributed by atoms with Crippen LogP contribution in [0.4, 0.5) is 0 Å². The highest BCUT2D eigenvalue weighted by molar-refractivity contribution is 7.42. The van der Waals surface area contributed by atoms with Gasteiger partial charge in [-0.15, -0.1) is 4.52 Å². The quantitative estimate of drug-likeness (QED) is 0.644. The van der Waals surface area contributed by atoms with E-state index in [-0.39, 0.29) is 0 Å². The Morgan fingerprint density at radius 2 is 2.46 bits per heavy atom. The van der Waals surface area contributed by atoms with Crippen molar-refractivity contribution in [3.05, 3.63) is 23.5 Å². The summed E-state index contributed by atoms with van der Waals surface area (Å²) >= 11 is 0. The van der Waals surface area contributed by atoms with Crippen LogP contribution in [-0.4, -0.2) is 6.61 Å². The van der Waals surface area contributed by atoms with Gasteiger partial charge in [0.1, 0.15) is 6.61 Å². The highest BCUT2D eigenvalue weighted by atomic mass is 31.1. The predicted octanol–water partition coefficient (Wildman–Crippen LogP) is 3.78. The second kappa shape index (κ2) is 6.06. The van der Waals surface area contributed by atoms with Gasteiger partial charge in [-0.3, -0.25) is 0 Å². The summed E-state index contributed by atoms with van der Waals surface area (Å²) in [6.45, 7) is 2.36. The highest BCUT2D eigenvalue weighted by Gasteiger charge is 2.10. The van der Waals surface area contributed by atoms with Crippen molar-refractivity contribution in [3.8, 4) is 0 Å². The zero-order chi connectivity index (χ0) is 9.52. The third-order valence-electron chi connectivity index (χ3n) is 1.99. The SMILES string of the molecule is CCO[P+](=O)/C=C/C1=CCCCC1. The van der Waals surface area contributed by atoms with Gasteiger partial charge >= 0.3 is 8.03 Å². The molecular formula is C10H16O2P+. The molecule has 0 heterocycles. The third kappa shape index (κ3) is 4.35. The Labute approximate surface area is 80.5 Å². The van der Waals surface area contributed by atoms with Gasteiger partial charge in [-0.05, 0) is 48.8 Å². The average Bonchev–Trinajstić information content (AvgIpc) is 2.17. The second-order valence-corrected chi connectivity index (χ2v) is 4.17. The fourth-order valence-corrected chi connectivity index (χ4v) is 1.99. The van der Waals surface area contributed by atoms with E-state index in [9.17, 15) is 4.57 Å². The summed E-state index contributed by atoms with van der Waals surface area (Å²) < 4.78 is 16.0. The van der Waals surface area contributed by atoms with Gasteiger partial charge in [-0.25, -0.2) is 0 Å². The zero-order valence-corrected chi connectivity index (χ0v) is 8.93. The minimum absolute atomic E-state index is 0.512. The lowest BCUT2D eigenvalue weighted by Crippen LogP contribution is -1.87. The van der Waals surface area contributed by atoms with Crippen molar-refractivity contribution in [2.45, 2.75) is 32.6 Å². The first kappa shape index (κ1) is 10.6. The van der Waals surface area contributed by atoms with Crippen molar-refractivity contribution >= 4 is 8.03 Å². The molecule has 1 aliphatic carbocycles. The molecule has 0 aromatic heterocycles. The Hall–Kier alpha value is -0.460. The Balaban J connectivity index is 2.37. The first-order valence-corrected chi connectivity index (χ1v) is 6.04. The van der Waals surface area contributed by atoms with Gasteiger partial charge in [0.15, 0.2) is 5.82 Å². The van der Waals surface area contributed by atoms with Gasteiger partial charge in [0.25, 0.3) is 0 Å². The molecule has 0 N–H and O–H groups in total. The molecule has 3 heteroatoms. The van der Waals surface area contributed by atoms with Gasteiger partial charge in [-0.2, -0.15) is 0 Å². The molecule has 1 aliphatic rings. The molecule has 1 atom stereocenters. The van der Waals surface area contributed by atoms with Crippen LogP contribution in [0, 0.1) is 0 Å². The first-order chi connectivity index (χ1) is 6.33. The zero-order valence-electron chi connectivity index (χ0n) is 8.03. The van der Waals surface area contributed by atoms with E-state index in [1.807, 2.05) is 13.0 Å². The molecule has 0 saturated carbocycles. The van der Waals surface area contributed by atoms with Crippen molar-refractivity contribution in [1.82, 2.24) is 0 Å². The van der Waals surface area contributed by atoms with E-state index in [1.165, 1.54) is 18.4 Å². The van der Waals surface area contributed by atoms with Crippen LogP contribution in [0.25, 0.3) is 0 Å². The molecule has 1 rings (SSSR count). The van der Waals surface area contributed by atoms with Crippen LogP contribution in [-0.2, 0) is 9.09 Å². The van der Waals surface area contributed by atoms with E-state index in [1.54, 1.807) is 5.82 Å². The number of hydrogen-bond donors (Lipinski definition) is 0. The predicted molar refractivity (Wildman–Crippen MR) is 54.9 cm³/mol. The summed E-state index contributed by atoms with van der Waals surface area (Å²) in [5, 5.41) is 0. The number of rotatable bonds is 4. The molecule has 0 aromatic carbocycles. The van der Waals surface area contributed by atoms with Gasteiger partial charge < -0.3 is 0 Å². The Kier molecular flexibility index (Phi) is 4.95. The fourth-order valence-electron chi connectivity index (χ4n) is 1.34. The lowest BCUT2D eigenvalue weighted by molar-refractivity contribution is 0.356. The molecule has 13 heavy (non-hydrogen) atoms. The third-order valence-corrected chi connectivity index (χ3v) is 2.90. The van der Waals surface area contributed by atoms with Gasteiger partial charge in [0, 0.05) is 0 Å². The number of allylic oxidation sites excluding steroid dienone is 3. The smallest absolute Gasteiger partial charge is 0.143 e. The topological polar surface area (TPSA) is 26.3 Å². The van der Waals surface area contributed by atoms with E-state index in [4.69, 9.17) is 4.52 Å². The Morgan fingerprint density at radius 3 is 3.08 bits per heavy atom. The highest BCUT2D eigenvalue weighted by Crippen LogP contribution is 2.26. The van der Waals surface area contributed by atoms with Crippen LogP contribution in [0.5, 0.6) is 0 Å². The van der Waals surface area contributed by atoms with Crippen molar-refractivity contribution in [3.63, 3.8) is 0 Å². The molecule has 0 amide bonds. The van der Waals surface area contributed by atoms with Crippen LogP contribution in [0.1, 0.15) is 32.6 Å². The summed E-state index contributed by atoms with van der Waals surface area (Å²) in [6.07, 6.45) is 8.97. The Morgan fingerprint density at radius 1 is 1.62 bits per heavy atom. The maximum Gasteiger partial charge on any atom is 0.540 e. The van der Waals surface area contributed by atoms with E-state index < -0.39 is 8.03 Å². The molecule has 0 aliphatic heterocycles. The van der Waals surface area contributed by atoms with E-state index in [0.717, 1.165) is 12.8 Å². The normalized spacial score (nSPS) is 18.8. The molecule has 0 aromatic rings. The fraction of sp³-hybridized carbons (Fsp3) is 0.600. The molecular weight excluding hydrogens is 183 g/mol. The van der Waals surface area contributed by atoms with Gasteiger partial charge in [-0.1, -0.05) is 6.08 Å². The van der Waals surface area contributed by atoms with Crippen molar-refractivity contribution in [1.29, 1.82) is 0 Å². The summed E-state index contributed by atoms with van der Waals surface area (Å²) in [5.74, 6) is 1.66. The first-order valence-electron chi connectivity index (χ1n) is 4.79. The molecule has 0 bridgehead atoms. The molecule has 0 fully saturated rings. The van der Waals surface area contributed by atoms with Gasteiger partial charge in [0.2, 0.25) is 0 Å². The lowest BCUT2D eigenvalue weighted by atomic mass is 10.0. The summed E-state index contributed by atoms with van der Waals surface area (Å²) in [5.41, 5.74) is 1.30.